The molecule has 3 heteroatoms. The molecule has 0 aliphatic heterocycles. The second-order valence-corrected chi connectivity index (χ2v) is 11.4. The molecule has 2 N–H and O–H groups in total. The molecule has 0 spiro atoms. The summed E-state index contributed by atoms with van der Waals surface area (Å²) in [6.45, 7) is 10.9. The highest BCUT2D eigenvalue weighted by Gasteiger charge is 2.58. The maximum absolute atomic E-state index is 12.4. The standard InChI is InChI=1S/C27H40O3/c1-16(2)12-19(29)13-17(3)21-6-7-22-20-15-25(30)24-14-18(28)8-10-27(24,5)23(20)9-11-26(21,22)4/h9,12,18,20,22,24-25,28,30H,6-8,10-11,13-15H2,1-5H3. The molecule has 3 fully saturated rings. The van der Waals surface area contributed by atoms with E-state index in [2.05, 4.69) is 26.8 Å². The van der Waals surface area contributed by atoms with Gasteiger partial charge in [0.1, 0.15) is 0 Å². The molecule has 0 aromatic carbocycles. The summed E-state index contributed by atoms with van der Waals surface area (Å²) < 4.78 is 0. The first-order valence-electron chi connectivity index (χ1n) is 12.0. The summed E-state index contributed by atoms with van der Waals surface area (Å²) in [5, 5.41) is 21.3. The van der Waals surface area contributed by atoms with Gasteiger partial charge >= 0.3 is 0 Å². The van der Waals surface area contributed by atoms with Crippen molar-refractivity contribution in [3.05, 3.63) is 34.4 Å². The topological polar surface area (TPSA) is 57.5 Å². The highest BCUT2D eigenvalue weighted by Crippen LogP contribution is 2.65. The van der Waals surface area contributed by atoms with Gasteiger partial charge in [0, 0.05) is 6.42 Å². The number of rotatable bonds is 3. The van der Waals surface area contributed by atoms with Crippen LogP contribution in [0.15, 0.2) is 34.4 Å². The molecule has 30 heavy (non-hydrogen) atoms. The van der Waals surface area contributed by atoms with Crippen LogP contribution in [0.5, 0.6) is 0 Å². The van der Waals surface area contributed by atoms with Gasteiger partial charge in [-0.2, -0.15) is 0 Å². The van der Waals surface area contributed by atoms with E-state index in [1.807, 2.05) is 13.8 Å². The SMILES string of the molecule is CC(C)=CC(=O)CC(C)=C1CCC2C3CC(O)C4CC(O)CCC4(C)C3=CCC12C. The van der Waals surface area contributed by atoms with Crippen molar-refractivity contribution in [2.24, 2.45) is 28.6 Å². The van der Waals surface area contributed by atoms with Crippen molar-refractivity contribution in [2.45, 2.75) is 98.2 Å². The second-order valence-electron chi connectivity index (χ2n) is 11.4. The Morgan fingerprint density at radius 1 is 1.10 bits per heavy atom. The molecular formula is C27H40O3. The van der Waals surface area contributed by atoms with Crippen LogP contribution in [0.1, 0.15) is 86.0 Å². The summed E-state index contributed by atoms with van der Waals surface area (Å²) in [4.78, 5) is 12.4. The fourth-order valence-corrected chi connectivity index (χ4v) is 7.81. The second kappa shape index (κ2) is 7.74. The Morgan fingerprint density at radius 2 is 1.83 bits per heavy atom. The van der Waals surface area contributed by atoms with E-state index < -0.39 is 0 Å². The van der Waals surface area contributed by atoms with Crippen molar-refractivity contribution < 1.29 is 15.0 Å². The number of ketones is 1. The Bertz CT molecular complexity index is 814. The average Bonchev–Trinajstić information content (AvgIpc) is 3.00. The van der Waals surface area contributed by atoms with Crippen molar-refractivity contribution in [1.29, 1.82) is 0 Å². The van der Waals surface area contributed by atoms with E-state index in [0.717, 1.165) is 50.5 Å². The van der Waals surface area contributed by atoms with Crippen molar-refractivity contribution in [3.8, 4) is 0 Å². The summed E-state index contributed by atoms with van der Waals surface area (Å²) in [5.41, 5.74) is 5.55. The average molecular weight is 413 g/mol. The van der Waals surface area contributed by atoms with Gasteiger partial charge in [0.15, 0.2) is 5.78 Å². The highest BCUT2D eigenvalue weighted by molar-refractivity contribution is 5.92. The Kier molecular flexibility index (Phi) is 5.68. The summed E-state index contributed by atoms with van der Waals surface area (Å²) in [5.74, 6) is 1.39. The summed E-state index contributed by atoms with van der Waals surface area (Å²) in [7, 11) is 0. The lowest BCUT2D eigenvalue weighted by atomic mass is 9.48. The predicted molar refractivity (Wildman–Crippen MR) is 121 cm³/mol. The molecule has 0 heterocycles. The van der Waals surface area contributed by atoms with Crippen molar-refractivity contribution >= 4 is 5.78 Å². The number of allylic oxidation sites excluding steroid dienone is 6. The first-order chi connectivity index (χ1) is 14.1. The molecule has 4 aliphatic rings. The fraction of sp³-hybridized carbons (Fsp3) is 0.741. The molecule has 0 aromatic heterocycles. The molecule has 166 valence electrons. The van der Waals surface area contributed by atoms with Gasteiger partial charge in [-0.15, -0.1) is 0 Å². The van der Waals surface area contributed by atoms with Crippen LogP contribution >= 0.6 is 0 Å². The Labute approximate surface area is 182 Å². The Hall–Kier alpha value is -1.19. The Morgan fingerprint density at radius 3 is 2.53 bits per heavy atom. The van der Waals surface area contributed by atoms with Gasteiger partial charge in [-0.05, 0) is 100 Å². The quantitative estimate of drug-likeness (QED) is 0.474. The molecule has 4 rings (SSSR count). The zero-order chi connectivity index (χ0) is 21.8. The normalized spacial score (nSPS) is 44.4. The Balaban J connectivity index is 1.65. The summed E-state index contributed by atoms with van der Waals surface area (Å²) >= 11 is 0. The van der Waals surface area contributed by atoms with E-state index in [1.54, 1.807) is 11.6 Å². The lowest BCUT2D eigenvalue weighted by Crippen LogP contribution is -2.53. The number of hydrogen-bond donors (Lipinski definition) is 2. The highest BCUT2D eigenvalue weighted by atomic mass is 16.3. The van der Waals surface area contributed by atoms with Crippen LogP contribution in [0.25, 0.3) is 0 Å². The zero-order valence-corrected chi connectivity index (χ0v) is 19.5. The van der Waals surface area contributed by atoms with E-state index in [9.17, 15) is 15.0 Å². The van der Waals surface area contributed by atoms with Crippen LogP contribution < -0.4 is 0 Å². The molecule has 7 atom stereocenters. The summed E-state index contributed by atoms with van der Waals surface area (Å²) in [6, 6.07) is 0. The third-order valence-corrected chi connectivity index (χ3v) is 9.21. The molecule has 3 nitrogen and oxygen atoms in total. The van der Waals surface area contributed by atoms with Gasteiger partial charge in [-0.3, -0.25) is 4.79 Å². The van der Waals surface area contributed by atoms with Crippen LogP contribution in [0.2, 0.25) is 0 Å². The fourth-order valence-electron chi connectivity index (χ4n) is 7.81. The minimum absolute atomic E-state index is 0.0316. The maximum atomic E-state index is 12.4. The number of hydrogen-bond acceptors (Lipinski definition) is 3. The first-order valence-corrected chi connectivity index (χ1v) is 12.0. The van der Waals surface area contributed by atoms with Gasteiger partial charge in [-0.1, -0.05) is 42.2 Å². The van der Waals surface area contributed by atoms with E-state index in [0.29, 0.717) is 18.3 Å². The van der Waals surface area contributed by atoms with Crippen LogP contribution in [0.4, 0.5) is 0 Å². The minimum atomic E-state index is -0.317. The first kappa shape index (κ1) is 22.0. The molecule has 3 saturated carbocycles. The lowest BCUT2D eigenvalue weighted by molar-refractivity contribution is -0.114. The van der Waals surface area contributed by atoms with Crippen molar-refractivity contribution in [2.75, 3.05) is 0 Å². The monoisotopic (exact) mass is 412 g/mol. The van der Waals surface area contributed by atoms with E-state index in [4.69, 9.17) is 0 Å². The number of fused-ring (bicyclic) bond motifs is 5. The van der Waals surface area contributed by atoms with Crippen LogP contribution in [-0.4, -0.2) is 28.2 Å². The van der Waals surface area contributed by atoms with Crippen LogP contribution in [0, 0.1) is 28.6 Å². The van der Waals surface area contributed by atoms with Crippen molar-refractivity contribution in [3.63, 3.8) is 0 Å². The van der Waals surface area contributed by atoms with Gasteiger partial charge < -0.3 is 10.2 Å². The lowest BCUT2D eigenvalue weighted by Gasteiger charge is -2.57. The third-order valence-electron chi connectivity index (χ3n) is 9.21. The van der Waals surface area contributed by atoms with Gasteiger partial charge in [-0.25, -0.2) is 0 Å². The zero-order valence-electron chi connectivity index (χ0n) is 19.5. The molecule has 0 amide bonds. The molecule has 0 bridgehead atoms. The number of aliphatic hydroxyl groups excluding tert-OH is 2. The number of carbonyl (C=O) groups excluding carboxylic acids is 1. The summed E-state index contributed by atoms with van der Waals surface area (Å²) in [6.07, 6.45) is 10.9. The third kappa shape index (κ3) is 3.46. The largest absolute Gasteiger partial charge is 0.393 e. The number of aliphatic hydroxyl groups is 2. The predicted octanol–water partition coefficient (Wildman–Crippen LogP) is 5.52. The molecule has 7 unspecified atom stereocenters. The van der Waals surface area contributed by atoms with Crippen LogP contribution in [0.3, 0.4) is 0 Å². The smallest absolute Gasteiger partial charge is 0.159 e. The van der Waals surface area contributed by atoms with Crippen LogP contribution in [-0.2, 0) is 4.79 Å². The molecular weight excluding hydrogens is 372 g/mol. The minimum Gasteiger partial charge on any atom is -0.393 e. The van der Waals surface area contributed by atoms with E-state index in [-0.39, 0.29) is 34.7 Å². The van der Waals surface area contributed by atoms with E-state index in [1.165, 1.54) is 11.1 Å². The van der Waals surface area contributed by atoms with Gasteiger partial charge in [0.25, 0.3) is 0 Å². The van der Waals surface area contributed by atoms with Gasteiger partial charge in [0.2, 0.25) is 0 Å². The van der Waals surface area contributed by atoms with E-state index >= 15 is 0 Å². The van der Waals surface area contributed by atoms with Gasteiger partial charge in [0.05, 0.1) is 12.2 Å². The van der Waals surface area contributed by atoms with Crippen molar-refractivity contribution in [1.82, 2.24) is 0 Å². The molecule has 0 saturated heterocycles. The number of carbonyl (C=O) groups is 1. The molecule has 4 aliphatic carbocycles. The maximum Gasteiger partial charge on any atom is 0.159 e. The molecule has 0 radical (unpaired) electrons. The molecule has 0 aromatic rings.